The second kappa shape index (κ2) is 7.21. The Morgan fingerprint density at radius 2 is 2.00 bits per heavy atom. The number of aromatic nitrogens is 2. The number of aryl methyl sites for hydroxylation is 2. The summed E-state index contributed by atoms with van der Waals surface area (Å²) in [4.78, 5) is 23.4. The maximum Gasteiger partial charge on any atom is 0.251 e. The van der Waals surface area contributed by atoms with Crippen molar-refractivity contribution in [1.29, 1.82) is 0 Å². The lowest BCUT2D eigenvalue weighted by atomic mass is 9.90. The van der Waals surface area contributed by atoms with Gasteiger partial charge in [0.05, 0.1) is 6.20 Å². The third kappa shape index (κ3) is 3.65. The number of anilines is 1. The average molecular weight is 336 g/mol. The Labute approximate surface area is 148 Å². The molecule has 1 atom stereocenters. The predicted octanol–water partition coefficient (Wildman–Crippen LogP) is 2.75. The van der Waals surface area contributed by atoms with Crippen molar-refractivity contribution in [3.8, 4) is 0 Å². The zero-order valence-corrected chi connectivity index (χ0v) is 14.4. The number of carbonyl (C=O) groups is 1. The summed E-state index contributed by atoms with van der Waals surface area (Å²) in [5, 5.41) is 3.21. The van der Waals surface area contributed by atoms with Crippen molar-refractivity contribution < 1.29 is 4.79 Å². The number of piperidine rings is 1. The summed E-state index contributed by atoms with van der Waals surface area (Å²) in [6, 6.07) is 6.35. The molecule has 1 amide bonds. The number of carbonyl (C=O) groups excluding carboxylic acids is 1. The number of nitrogens with one attached hydrogen (secondary N) is 1. The minimum atomic E-state index is 0.0411. The summed E-state index contributed by atoms with van der Waals surface area (Å²) in [5.41, 5.74) is 3.55. The van der Waals surface area contributed by atoms with Crippen molar-refractivity contribution in [1.82, 2.24) is 15.3 Å². The quantitative estimate of drug-likeness (QED) is 0.936. The first-order valence-electron chi connectivity index (χ1n) is 9.23. The fourth-order valence-corrected chi connectivity index (χ4v) is 3.90. The fraction of sp³-hybridized carbons (Fsp3) is 0.450. The molecule has 5 nitrogen and oxygen atoms in total. The van der Waals surface area contributed by atoms with E-state index in [1.165, 1.54) is 24.0 Å². The molecule has 1 aromatic carbocycles. The van der Waals surface area contributed by atoms with Crippen LogP contribution in [0, 0.1) is 0 Å². The fourth-order valence-electron chi connectivity index (χ4n) is 3.90. The van der Waals surface area contributed by atoms with E-state index in [1.54, 1.807) is 18.6 Å². The summed E-state index contributed by atoms with van der Waals surface area (Å²) < 4.78 is 0. The number of hydrogen-bond acceptors (Lipinski definition) is 4. The molecule has 1 saturated heterocycles. The molecular weight excluding hydrogens is 312 g/mol. The molecule has 0 unspecified atom stereocenters. The van der Waals surface area contributed by atoms with Crippen LogP contribution in [0.5, 0.6) is 0 Å². The Morgan fingerprint density at radius 3 is 2.84 bits per heavy atom. The van der Waals surface area contributed by atoms with Crippen LogP contribution in [0.1, 0.15) is 47.2 Å². The highest BCUT2D eigenvalue weighted by Gasteiger charge is 2.23. The van der Waals surface area contributed by atoms with E-state index in [-0.39, 0.29) is 11.9 Å². The van der Waals surface area contributed by atoms with Crippen LogP contribution in [0.4, 0.5) is 5.82 Å². The smallest absolute Gasteiger partial charge is 0.251 e. The number of rotatable bonds is 3. The lowest BCUT2D eigenvalue weighted by molar-refractivity contribution is 0.0933. The highest BCUT2D eigenvalue weighted by atomic mass is 16.1. The van der Waals surface area contributed by atoms with Crippen LogP contribution in [0.3, 0.4) is 0 Å². The molecule has 25 heavy (non-hydrogen) atoms. The second-order valence-corrected chi connectivity index (χ2v) is 7.01. The van der Waals surface area contributed by atoms with Gasteiger partial charge in [0.1, 0.15) is 5.82 Å². The highest BCUT2D eigenvalue weighted by Crippen LogP contribution is 2.22. The predicted molar refractivity (Wildman–Crippen MR) is 97.8 cm³/mol. The van der Waals surface area contributed by atoms with Gasteiger partial charge < -0.3 is 10.2 Å². The molecule has 4 rings (SSSR count). The lowest BCUT2D eigenvalue weighted by Gasteiger charge is -2.33. The second-order valence-electron chi connectivity index (χ2n) is 7.01. The normalized spacial score (nSPS) is 20.0. The third-order valence-electron chi connectivity index (χ3n) is 5.24. The number of nitrogens with zero attached hydrogens (tertiary/aromatic N) is 3. The summed E-state index contributed by atoms with van der Waals surface area (Å²) >= 11 is 0. The van der Waals surface area contributed by atoms with E-state index >= 15 is 0 Å². The molecule has 2 heterocycles. The van der Waals surface area contributed by atoms with Crippen molar-refractivity contribution in [3.63, 3.8) is 0 Å². The van der Waals surface area contributed by atoms with E-state index in [0.29, 0.717) is 0 Å². The molecule has 130 valence electrons. The Balaban J connectivity index is 1.42. The maximum atomic E-state index is 12.7. The molecule has 1 aromatic heterocycles. The van der Waals surface area contributed by atoms with Crippen LogP contribution < -0.4 is 10.2 Å². The molecule has 5 heteroatoms. The summed E-state index contributed by atoms with van der Waals surface area (Å²) in [7, 11) is 0. The monoisotopic (exact) mass is 336 g/mol. The van der Waals surface area contributed by atoms with Gasteiger partial charge in [0, 0.05) is 37.1 Å². The van der Waals surface area contributed by atoms with Gasteiger partial charge in [-0.3, -0.25) is 9.78 Å². The topological polar surface area (TPSA) is 58.1 Å². The van der Waals surface area contributed by atoms with Gasteiger partial charge in [-0.05, 0) is 61.8 Å². The molecule has 0 bridgehead atoms. The standard InChI is InChI=1S/C20H24N4O/c25-20(17-8-7-15-4-1-2-5-16(15)12-17)23-18-6-3-11-24(14-18)19-13-21-9-10-22-19/h7-10,12-13,18H,1-6,11,14H2,(H,23,25)/t18-/m0/s1. The van der Waals surface area contributed by atoms with Crippen molar-refractivity contribution in [2.75, 3.05) is 18.0 Å². The van der Waals surface area contributed by atoms with Gasteiger partial charge in [-0.25, -0.2) is 4.98 Å². The van der Waals surface area contributed by atoms with E-state index in [9.17, 15) is 4.79 Å². The zero-order chi connectivity index (χ0) is 17.1. The first kappa shape index (κ1) is 16.1. The molecule has 0 radical (unpaired) electrons. The van der Waals surface area contributed by atoms with E-state index in [0.717, 1.165) is 50.2 Å². The Morgan fingerprint density at radius 1 is 1.12 bits per heavy atom. The molecule has 1 N–H and O–H groups in total. The molecule has 2 aromatic rings. The summed E-state index contributed by atoms with van der Waals surface area (Å²) in [6.07, 6.45) is 12.0. The van der Waals surface area contributed by atoms with Crippen molar-refractivity contribution >= 4 is 11.7 Å². The number of benzene rings is 1. The van der Waals surface area contributed by atoms with Gasteiger partial charge in [0.2, 0.25) is 0 Å². The van der Waals surface area contributed by atoms with E-state index in [2.05, 4.69) is 32.3 Å². The Kier molecular flexibility index (Phi) is 4.63. The third-order valence-corrected chi connectivity index (χ3v) is 5.24. The first-order chi connectivity index (χ1) is 12.3. The largest absolute Gasteiger partial charge is 0.353 e. The number of hydrogen-bond donors (Lipinski definition) is 1. The van der Waals surface area contributed by atoms with Gasteiger partial charge in [-0.1, -0.05) is 6.07 Å². The van der Waals surface area contributed by atoms with Crippen molar-refractivity contribution in [2.24, 2.45) is 0 Å². The zero-order valence-electron chi connectivity index (χ0n) is 14.4. The van der Waals surface area contributed by atoms with E-state index in [1.807, 2.05) is 6.07 Å². The lowest BCUT2D eigenvalue weighted by Crippen LogP contribution is -2.48. The number of amides is 1. The van der Waals surface area contributed by atoms with Crippen LogP contribution in [0.2, 0.25) is 0 Å². The molecule has 1 fully saturated rings. The molecule has 0 spiro atoms. The van der Waals surface area contributed by atoms with Crippen LogP contribution >= 0.6 is 0 Å². The minimum absolute atomic E-state index is 0.0411. The molecule has 1 aliphatic carbocycles. The van der Waals surface area contributed by atoms with Crippen LogP contribution in [0.25, 0.3) is 0 Å². The maximum absolute atomic E-state index is 12.7. The van der Waals surface area contributed by atoms with Gasteiger partial charge in [-0.2, -0.15) is 0 Å². The van der Waals surface area contributed by atoms with E-state index in [4.69, 9.17) is 0 Å². The Hall–Kier alpha value is -2.43. The van der Waals surface area contributed by atoms with Gasteiger partial charge >= 0.3 is 0 Å². The van der Waals surface area contributed by atoms with Crippen LogP contribution in [-0.4, -0.2) is 35.0 Å². The molecular formula is C20H24N4O. The average Bonchev–Trinajstić information content (AvgIpc) is 2.68. The SMILES string of the molecule is O=C(N[C@H]1CCCN(c2cnccn2)C1)c1ccc2c(c1)CCCC2. The number of fused-ring (bicyclic) bond motifs is 1. The minimum Gasteiger partial charge on any atom is -0.353 e. The van der Waals surface area contributed by atoms with Crippen molar-refractivity contribution in [2.45, 2.75) is 44.6 Å². The Bertz CT molecular complexity index is 747. The first-order valence-corrected chi connectivity index (χ1v) is 9.23. The molecule has 0 saturated carbocycles. The molecule has 2 aliphatic rings. The summed E-state index contributed by atoms with van der Waals surface area (Å²) in [6.45, 7) is 1.75. The van der Waals surface area contributed by atoms with Crippen LogP contribution in [-0.2, 0) is 12.8 Å². The summed E-state index contributed by atoms with van der Waals surface area (Å²) in [5.74, 6) is 0.926. The highest BCUT2D eigenvalue weighted by molar-refractivity contribution is 5.94. The van der Waals surface area contributed by atoms with Gasteiger partial charge in [0.25, 0.3) is 5.91 Å². The van der Waals surface area contributed by atoms with E-state index < -0.39 is 0 Å². The van der Waals surface area contributed by atoms with Gasteiger partial charge in [-0.15, -0.1) is 0 Å². The molecule has 1 aliphatic heterocycles. The van der Waals surface area contributed by atoms with Crippen molar-refractivity contribution in [3.05, 3.63) is 53.5 Å². The van der Waals surface area contributed by atoms with Gasteiger partial charge in [0.15, 0.2) is 0 Å². The van der Waals surface area contributed by atoms with Crippen LogP contribution in [0.15, 0.2) is 36.8 Å².